The molecule has 2 rings (SSSR count). The third kappa shape index (κ3) is 5.52. The summed E-state index contributed by atoms with van der Waals surface area (Å²) in [6.45, 7) is 2.66. The van der Waals surface area contributed by atoms with Gasteiger partial charge < -0.3 is 10.1 Å². The van der Waals surface area contributed by atoms with Crippen LogP contribution in [-0.4, -0.2) is 22.5 Å². The maximum Gasteiger partial charge on any atom is 0.270 e. The summed E-state index contributed by atoms with van der Waals surface area (Å²) in [7, 11) is 0. The number of para-hydroxylation sites is 2. The van der Waals surface area contributed by atoms with Gasteiger partial charge in [-0.3, -0.25) is 20.2 Å². The zero-order valence-electron chi connectivity index (χ0n) is 14.2. The SMILES string of the molecule is CCCCOc1ccccc1NC(=S)NC(=O)c1cccc([N+](=O)[O-])c1. The molecular formula is C18H19N3O4S. The van der Waals surface area contributed by atoms with Crippen LogP contribution in [0.2, 0.25) is 0 Å². The predicted octanol–water partition coefficient (Wildman–Crippen LogP) is 3.90. The molecule has 0 aliphatic rings. The summed E-state index contributed by atoms with van der Waals surface area (Å²) in [5.74, 6) is 0.100. The average Bonchev–Trinajstić information content (AvgIpc) is 2.63. The van der Waals surface area contributed by atoms with E-state index < -0.39 is 10.8 Å². The van der Waals surface area contributed by atoms with Gasteiger partial charge in [-0.25, -0.2) is 0 Å². The number of hydrogen-bond donors (Lipinski definition) is 2. The van der Waals surface area contributed by atoms with Crippen LogP contribution in [0.1, 0.15) is 30.1 Å². The van der Waals surface area contributed by atoms with Crippen LogP contribution in [0.4, 0.5) is 11.4 Å². The molecule has 7 nitrogen and oxygen atoms in total. The molecule has 2 aromatic carbocycles. The number of benzene rings is 2. The first-order valence-electron chi connectivity index (χ1n) is 8.10. The van der Waals surface area contributed by atoms with Crippen LogP contribution in [0.5, 0.6) is 5.75 Å². The highest BCUT2D eigenvalue weighted by Crippen LogP contribution is 2.24. The number of rotatable bonds is 7. The Kier molecular flexibility index (Phi) is 7.04. The van der Waals surface area contributed by atoms with Crippen LogP contribution in [-0.2, 0) is 0 Å². The quantitative estimate of drug-likeness (QED) is 0.331. The standard InChI is InChI=1S/C18H19N3O4S/c1-2-3-11-25-16-10-5-4-9-15(16)19-18(26)20-17(22)13-7-6-8-14(12-13)21(23)24/h4-10,12H,2-3,11H2,1H3,(H2,19,20,22,26). The lowest BCUT2D eigenvalue weighted by Gasteiger charge is -2.14. The van der Waals surface area contributed by atoms with Gasteiger partial charge in [0.2, 0.25) is 0 Å². The summed E-state index contributed by atoms with van der Waals surface area (Å²) < 4.78 is 5.70. The number of non-ortho nitro benzene ring substituents is 1. The maximum absolute atomic E-state index is 12.2. The topological polar surface area (TPSA) is 93.5 Å². The molecule has 0 saturated carbocycles. The number of nitro groups is 1. The molecule has 1 amide bonds. The second-order valence-corrected chi connectivity index (χ2v) is 5.82. The van der Waals surface area contributed by atoms with E-state index in [-0.39, 0.29) is 16.4 Å². The summed E-state index contributed by atoms with van der Waals surface area (Å²) in [6, 6.07) is 12.7. The number of hydrogen-bond acceptors (Lipinski definition) is 5. The van der Waals surface area contributed by atoms with Gasteiger partial charge in [0.1, 0.15) is 5.75 Å². The Balaban J connectivity index is 2.01. The van der Waals surface area contributed by atoms with Crippen molar-refractivity contribution in [3.8, 4) is 5.75 Å². The molecule has 0 atom stereocenters. The Hall–Kier alpha value is -3.00. The minimum absolute atomic E-state index is 0.0769. The maximum atomic E-state index is 12.2. The Labute approximate surface area is 156 Å². The highest BCUT2D eigenvalue weighted by molar-refractivity contribution is 7.80. The van der Waals surface area contributed by atoms with E-state index in [0.29, 0.717) is 18.0 Å². The largest absolute Gasteiger partial charge is 0.491 e. The molecule has 0 spiro atoms. The van der Waals surface area contributed by atoms with E-state index >= 15 is 0 Å². The number of amides is 1. The summed E-state index contributed by atoms with van der Waals surface area (Å²) >= 11 is 5.16. The molecule has 0 radical (unpaired) electrons. The van der Waals surface area contributed by atoms with Crippen LogP contribution in [0.3, 0.4) is 0 Å². The number of thiocarbonyl (C=S) groups is 1. The van der Waals surface area contributed by atoms with E-state index in [1.807, 2.05) is 18.2 Å². The van der Waals surface area contributed by atoms with E-state index in [2.05, 4.69) is 17.6 Å². The number of carbonyl (C=O) groups is 1. The van der Waals surface area contributed by atoms with Crippen molar-refractivity contribution in [2.24, 2.45) is 0 Å². The van der Waals surface area contributed by atoms with Gasteiger partial charge in [-0.05, 0) is 36.8 Å². The molecule has 0 heterocycles. The highest BCUT2D eigenvalue weighted by Gasteiger charge is 2.13. The van der Waals surface area contributed by atoms with Crippen molar-refractivity contribution in [1.82, 2.24) is 5.32 Å². The van der Waals surface area contributed by atoms with Crippen LogP contribution in [0.15, 0.2) is 48.5 Å². The highest BCUT2D eigenvalue weighted by atomic mass is 32.1. The fraction of sp³-hybridized carbons (Fsp3) is 0.222. The number of carbonyl (C=O) groups excluding carboxylic acids is 1. The summed E-state index contributed by atoms with van der Waals surface area (Å²) in [5.41, 5.74) is 0.620. The number of ether oxygens (including phenoxy) is 1. The number of anilines is 1. The van der Waals surface area contributed by atoms with Crippen molar-refractivity contribution in [3.05, 3.63) is 64.2 Å². The molecule has 0 aliphatic heterocycles. The Morgan fingerprint density at radius 3 is 2.73 bits per heavy atom. The molecule has 0 bridgehead atoms. The van der Waals surface area contributed by atoms with Crippen molar-refractivity contribution in [2.75, 3.05) is 11.9 Å². The van der Waals surface area contributed by atoms with Gasteiger partial charge in [0.05, 0.1) is 17.2 Å². The normalized spacial score (nSPS) is 10.0. The molecule has 0 unspecified atom stereocenters. The zero-order chi connectivity index (χ0) is 18.9. The number of nitrogens with one attached hydrogen (secondary N) is 2. The Bertz CT molecular complexity index is 811. The monoisotopic (exact) mass is 373 g/mol. The van der Waals surface area contributed by atoms with Crippen LogP contribution >= 0.6 is 12.2 Å². The van der Waals surface area contributed by atoms with E-state index in [4.69, 9.17) is 17.0 Å². The number of nitrogens with zero attached hydrogens (tertiary/aromatic N) is 1. The molecule has 0 aromatic heterocycles. The van der Waals surface area contributed by atoms with Gasteiger partial charge >= 0.3 is 0 Å². The Morgan fingerprint density at radius 1 is 1.23 bits per heavy atom. The zero-order valence-corrected chi connectivity index (χ0v) is 15.0. The molecular weight excluding hydrogens is 354 g/mol. The molecule has 26 heavy (non-hydrogen) atoms. The van der Waals surface area contributed by atoms with Gasteiger partial charge in [-0.2, -0.15) is 0 Å². The van der Waals surface area contributed by atoms with Gasteiger partial charge in [0.15, 0.2) is 5.11 Å². The fourth-order valence-corrected chi connectivity index (χ4v) is 2.31. The average molecular weight is 373 g/mol. The van der Waals surface area contributed by atoms with E-state index in [1.165, 1.54) is 24.3 Å². The third-order valence-corrected chi connectivity index (χ3v) is 3.64. The van der Waals surface area contributed by atoms with Crippen LogP contribution in [0.25, 0.3) is 0 Å². The molecule has 0 saturated heterocycles. The second kappa shape index (κ2) is 9.47. The van der Waals surface area contributed by atoms with E-state index in [9.17, 15) is 14.9 Å². The molecule has 8 heteroatoms. The summed E-state index contributed by atoms with van der Waals surface area (Å²) in [5, 5.41) is 16.3. The molecule has 2 aromatic rings. The lowest BCUT2D eigenvalue weighted by molar-refractivity contribution is -0.384. The summed E-state index contributed by atoms with van der Waals surface area (Å²) in [6.07, 6.45) is 1.95. The first kappa shape index (κ1) is 19.3. The van der Waals surface area contributed by atoms with E-state index in [1.54, 1.807) is 6.07 Å². The fourth-order valence-electron chi connectivity index (χ4n) is 2.11. The van der Waals surface area contributed by atoms with Crippen molar-refractivity contribution >= 4 is 34.6 Å². The first-order chi connectivity index (χ1) is 12.5. The van der Waals surface area contributed by atoms with Crippen LogP contribution < -0.4 is 15.4 Å². The summed E-state index contributed by atoms with van der Waals surface area (Å²) in [4.78, 5) is 22.5. The van der Waals surface area contributed by atoms with Crippen molar-refractivity contribution in [1.29, 1.82) is 0 Å². The van der Waals surface area contributed by atoms with Crippen molar-refractivity contribution in [2.45, 2.75) is 19.8 Å². The number of nitro benzene ring substituents is 1. The third-order valence-electron chi connectivity index (χ3n) is 3.44. The molecule has 2 N–H and O–H groups in total. The van der Waals surface area contributed by atoms with Gasteiger partial charge in [-0.1, -0.05) is 31.5 Å². The smallest absolute Gasteiger partial charge is 0.270 e. The minimum Gasteiger partial charge on any atom is -0.491 e. The van der Waals surface area contributed by atoms with Crippen molar-refractivity contribution in [3.63, 3.8) is 0 Å². The second-order valence-electron chi connectivity index (χ2n) is 5.41. The first-order valence-corrected chi connectivity index (χ1v) is 8.50. The lowest BCUT2D eigenvalue weighted by Crippen LogP contribution is -2.34. The van der Waals surface area contributed by atoms with Gasteiger partial charge in [0, 0.05) is 17.7 Å². The van der Waals surface area contributed by atoms with Gasteiger partial charge in [-0.15, -0.1) is 0 Å². The molecule has 0 fully saturated rings. The van der Waals surface area contributed by atoms with Gasteiger partial charge in [0.25, 0.3) is 11.6 Å². The van der Waals surface area contributed by atoms with Crippen molar-refractivity contribution < 1.29 is 14.5 Å². The number of unbranched alkanes of at least 4 members (excludes halogenated alkanes) is 1. The van der Waals surface area contributed by atoms with Crippen LogP contribution in [0, 0.1) is 10.1 Å². The predicted molar refractivity (Wildman–Crippen MR) is 104 cm³/mol. The van der Waals surface area contributed by atoms with E-state index in [0.717, 1.165) is 12.8 Å². The Morgan fingerprint density at radius 2 is 2.00 bits per heavy atom. The molecule has 136 valence electrons. The lowest BCUT2D eigenvalue weighted by atomic mass is 10.2. The minimum atomic E-state index is -0.558. The molecule has 0 aliphatic carbocycles.